The standard InChI is InChI=1S/C20H20N2O4S/c1-3-26-19(24)15-8-11-16(12-9-15)21-20(27)22-18(23)13-10-14-6-4-5-7-17(14)25-2/h4-13H,3H2,1-2H3,(H2,21,22,23,27). The zero-order valence-electron chi connectivity index (χ0n) is 15.0. The molecule has 0 aromatic heterocycles. The van der Waals surface area contributed by atoms with Crippen LogP contribution < -0.4 is 15.4 Å². The van der Waals surface area contributed by atoms with Gasteiger partial charge in [0.05, 0.1) is 19.3 Å². The van der Waals surface area contributed by atoms with Gasteiger partial charge in [0.25, 0.3) is 0 Å². The lowest BCUT2D eigenvalue weighted by atomic mass is 10.2. The summed E-state index contributed by atoms with van der Waals surface area (Å²) >= 11 is 5.12. The predicted molar refractivity (Wildman–Crippen MR) is 109 cm³/mol. The van der Waals surface area contributed by atoms with Crippen molar-refractivity contribution in [3.8, 4) is 5.75 Å². The lowest BCUT2D eigenvalue weighted by Crippen LogP contribution is -2.32. The van der Waals surface area contributed by atoms with Gasteiger partial charge in [0, 0.05) is 17.3 Å². The summed E-state index contributed by atoms with van der Waals surface area (Å²) in [5, 5.41) is 5.58. The van der Waals surface area contributed by atoms with Crippen LogP contribution in [0.3, 0.4) is 0 Å². The van der Waals surface area contributed by atoms with Gasteiger partial charge in [0.15, 0.2) is 5.11 Å². The van der Waals surface area contributed by atoms with Crippen LogP contribution in [0.25, 0.3) is 6.08 Å². The molecule has 0 saturated heterocycles. The molecule has 1 amide bonds. The van der Waals surface area contributed by atoms with E-state index < -0.39 is 0 Å². The number of benzene rings is 2. The molecule has 2 aromatic rings. The number of esters is 1. The average Bonchev–Trinajstić information content (AvgIpc) is 2.67. The van der Waals surface area contributed by atoms with E-state index in [1.807, 2.05) is 24.3 Å². The minimum absolute atomic E-state index is 0.147. The van der Waals surface area contributed by atoms with E-state index in [1.165, 1.54) is 6.08 Å². The van der Waals surface area contributed by atoms with Crippen LogP contribution in [0, 0.1) is 0 Å². The lowest BCUT2D eigenvalue weighted by molar-refractivity contribution is -0.115. The summed E-state index contributed by atoms with van der Waals surface area (Å²) < 4.78 is 10.1. The third-order valence-electron chi connectivity index (χ3n) is 3.44. The molecule has 7 heteroatoms. The molecule has 0 fully saturated rings. The SMILES string of the molecule is CCOC(=O)c1ccc(NC(=S)NC(=O)C=Cc2ccccc2OC)cc1. The second-order valence-corrected chi connectivity index (χ2v) is 5.72. The molecule has 0 unspecified atom stereocenters. The van der Waals surface area contributed by atoms with Crippen LogP contribution in [0.15, 0.2) is 54.6 Å². The van der Waals surface area contributed by atoms with Crippen molar-refractivity contribution in [2.45, 2.75) is 6.92 Å². The zero-order chi connectivity index (χ0) is 19.6. The van der Waals surface area contributed by atoms with E-state index in [0.717, 1.165) is 5.56 Å². The lowest BCUT2D eigenvalue weighted by Gasteiger charge is -2.09. The molecule has 2 aromatic carbocycles. The Kier molecular flexibility index (Phi) is 7.51. The molecule has 6 nitrogen and oxygen atoms in total. The number of rotatable bonds is 6. The van der Waals surface area contributed by atoms with E-state index in [0.29, 0.717) is 23.6 Å². The first-order chi connectivity index (χ1) is 13.0. The third kappa shape index (κ3) is 6.23. The first kappa shape index (κ1) is 20.1. The van der Waals surface area contributed by atoms with Crippen molar-refractivity contribution in [3.05, 3.63) is 65.7 Å². The fraction of sp³-hybridized carbons (Fsp3) is 0.150. The van der Waals surface area contributed by atoms with E-state index in [1.54, 1.807) is 44.4 Å². The minimum Gasteiger partial charge on any atom is -0.496 e. The van der Waals surface area contributed by atoms with Gasteiger partial charge < -0.3 is 14.8 Å². The van der Waals surface area contributed by atoms with Crippen molar-refractivity contribution < 1.29 is 19.1 Å². The summed E-state index contributed by atoms with van der Waals surface area (Å²) in [6.07, 6.45) is 3.01. The number of hydrogen-bond acceptors (Lipinski definition) is 5. The van der Waals surface area contributed by atoms with Crippen LogP contribution in [0.1, 0.15) is 22.8 Å². The van der Waals surface area contributed by atoms with Crippen molar-refractivity contribution >= 4 is 41.0 Å². The Morgan fingerprint density at radius 1 is 1.11 bits per heavy atom. The zero-order valence-corrected chi connectivity index (χ0v) is 15.8. The van der Waals surface area contributed by atoms with Gasteiger partial charge in [-0.3, -0.25) is 10.1 Å². The van der Waals surface area contributed by atoms with Gasteiger partial charge in [-0.05, 0) is 55.5 Å². The number of thiocarbonyl (C=S) groups is 1. The molecule has 2 N–H and O–H groups in total. The minimum atomic E-state index is -0.388. The summed E-state index contributed by atoms with van der Waals surface area (Å²) in [5.74, 6) is -0.0908. The molecule has 0 aliphatic heterocycles. The van der Waals surface area contributed by atoms with Crippen molar-refractivity contribution in [1.82, 2.24) is 5.32 Å². The van der Waals surface area contributed by atoms with Crippen LogP contribution in [0.5, 0.6) is 5.75 Å². The number of amides is 1. The van der Waals surface area contributed by atoms with E-state index in [9.17, 15) is 9.59 Å². The van der Waals surface area contributed by atoms with Gasteiger partial charge in [-0.2, -0.15) is 0 Å². The summed E-state index contributed by atoms with van der Waals surface area (Å²) in [5.41, 5.74) is 1.86. The number of para-hydroxylation sites is 1. The Bertz CT molecular complexity index is 847. The van der Waals surface area contributed by atoms with Crippen molar-refractivity contribution in [3.63, 3.8) is 0 Å². The van der Waals surface area contributed by atoms with Crippen LogP contribution in [-0.2, 0) is 9.53 Å². The topological polar surface area (TPSA) is 76.7 Å². The Hall–Kier alpha value is -3.19. The van der Waals surface area contributed by atoms with Crippen LogP contribution in [0.2, 0.25) is 0 Å². The molecule has 0 aliphatic rings. The van der Waals surface area contributed by atoms with Crippen molar-refractivity contribution in [2.75, 3.05) is 19.0 Å². The highest BCUT2D eigenvalue weighted by atomic mass is 32.1. The highest BCUT2D eigenvalue weighted by Gasteiger charge is 2.07. The highest BCUT2D eigenvalue weighted by Crippen LogP contribution is 2.18. The fourth-order valence-corrected chi connectivity index (χ4v) is 2.41. The maximum atomic E-state index is 12.0. The Balaban J connectivity index is 1.90. The summed E-state index contributed by atoms with van der Waals surface area (Å²) in [6, 6.07) is 13.9. The quantitative estimate of drug-likeness (QED) is 0.452. The van der Waals surface area contributed by atoms with Crippen LogP contribution in [-0.4, -0.2) is 30.7 Å². The number of hydrogen-bond donors (Lipinski definition) is 2. The van der Waals surface area contributed by atoms with Gasteiger partial charge in [0.1, 0.15) is 5.75 Å². The largest absolute Gasteiger partial charge is 0.496 e. The second-order valence-electron chi connectivity index (χ2n) is 5.32. The normalized spacial score (nSPS) is 10.3. The van der Waals surface area contributed by atoms with Gasteiger partial charge in [-0.1, -0.05) is 18.2 Å². The molecule has 0 heterocycles. The van der Waals surface area contributed by atoms with Crippen molar-refractivity contribution in [1.29, 1.82) is 0 Å². The van der Waals surface area contributed by atoms with Gasteiger partial charge in [-0.25, -0.2) is 4.79 Å². The van der Waals surface area contributed by atoms with Crippen LogP contribution >= 0.6 is 12.2 Å². The molecule has 2 rings (SSSR count). The van der Waals surface area contributed by atoms with Crippen molar-refractivity contribution in [2.24, 2.45) is 0 Å². The molecule has 0 spiro atoms. The molecular formula is C20H20N2O4S. The Labute approximate surface area is 163 Å². The molecule has 0 bridgehead atoms. The molecule has 140 valence electrons. The monoisotopic (exact) mass is 384 g/mol. The third-order valence-corrected chi connectivity index (χ3v) is 3.65. The molecule has 27 heavy (non-hydrogen) atoms. The van der Waals surface area contributed by atoms with Gasteiger partial charge in [0.2, 0.25) is 5.91 Å². The first-order valence-corrected chi connectivity index (χ1v) is 8.64. The maximum absolute atomic E-state index is 12.0. The molecular weight excluding hydrogens is 364 g/mol. The number of methoxy groups -OCH3 is 1. The fourth-order valence-electron chi connectivity index (χ4n) is 2.19. The predicted octanol–water partition coefficient (Wildman–Crippen LogP) is 3.40. The number of anilines is 1. The van der Waals surface area contributed by atoms with E-state index in [2.05, 4.69) is 10.6 Å². The number of carbonyl (C=O) groups excluding carboxylic acids is 2. The number of ether oxygens (including phenoxy) is 2. The molecule has 0 atom stereocenters. The maximum Gasteiger partial charge on any atom is 0.338 e. The van der Waals surface area contributed by atoms with Crippen LogP contribution in [0.4, 0.5) is 5.69 Å². The van der Waals surface area contributed by atoms with E-state index >= 15 is 0 Å². The molecule has 0 saturated carbocycles. The first-order valence-electron chi connectivity index (χ1n) is 8.23. The smallest absolute Gasteiger partial charge is 0.338 e. The second kappa shape index (κ2) is 10.1. The Morgan fingerprint density at radius 3 is 2.48 bits per heavy atom. The summed E-state index contributed by atoms with van der Waals surface area (Å²) in [7, 11) is 1.57. The Morgan fingerprint density at radius 2 is 1.81 bits per heavy atom. The van der Waals surface area contributed by atoms with E-state index in [4.69, 9.17) is 21.7 Å². The number of nitrogens with one attached hydrogen (secondary N) is 2. The average molecular weight is 384 g/mol. The van der Waals surface area contributed by atoms with Gasteiger partial charge in [-0.15, -0.1) is 0 Å². The number of carbonyl (C=O) groups is 2. The summed E-state index contributed by atoms with van der Waals surface area (Å²) in [4.78, 5) is 23.6. The van der Waals surface area contributed by atoms with Gasteiger partial charge >= 0.3 is 5.97 Å². The molecule has 0 aliphatic carbocycles. The van der Waals surface area contributed by atoms with E-state index in [-0.39, 0.29) is 17.0 Å². The highest BCUT2D eigenvalue weighted by molar-refractivity contribution is 7.80. The summed E-state index contributed by atoms with van der Waals surface area (Å²) in [6.45, 7) is 2.06. The molecule has 0 radical (unpaired) electrons.